The molecule has 1 aromatic carbocycles. The van der Waals surface area contributed by atoms with Crippen molar-refractivity contribution in [3.8, 4) is 0 Å². The summed E-state index contributed by atoms with van der Waals surface area (Å²) in [4.78, 5) is 36.9. The monoisotopic (exact) mass is 339 g/mol. The first-order valence-corrected chi connectivity index (χ1v) is 7.71. The van der Waals surface area contributed by atoms with Crippen molar-refractivity contribution in [3.05, 3.63) is 64.0 Å². The molecule has 1 saturated heterocycles. The molecule has 0 saturated carbocycles. The van der Waals surface area contributed by atoms with E-state index >= 15 is 0 Å². The molecule has 3 heterocycles. The second kappa shape index (κ2) is 5.66. The molecule has 1 aliphatic heterocycles. The Labute approximate surface area is 141 Å². The number of pyridine rings is 1. The highest BCUT2D eigenvalue weighted by atomic mass is 19.1. The minimum Gasteiger partial charge on any atom is -0.368 e. The number of nitrogens with two attached hydrogens (primary N) is 1. The molecular weight excluding hydrogens is 325 g/mol. The Bertz CT molecular complexity index is 1040. The summed E-state index contributed by atoms with van der Waals surface area (Å²) in [6, 6.07) is 7.30. The van der Waals surface area contributed by atoms with Crippen LogP contribution >= 0.6 is 0 Å². The number of anilines is 1. The number of hydrogen-bond acceptors (Lipinski definition) is 5. The fourth-order valence-electron chi connectivity index (χ4n) is 2.95. The maximum Gasteiger partial charge on any atom is 0.261 e. The second-order valence-electron chi connectivity index (χ2n) is 5.99. The first kappa shape index (κ1) is 15.3. The minimum absolute atomic E-state index is 0.0414. The van der Waals surface area contributed by atoms with Crippen LogP contribution in [0.15, 0.2) is 41.3 Å². The lowest BCUT2D eigenvalue weighted by Gasteiger charge is -2.38. The van der Waals surface area contributed by atoms with Crippen LogP contribution < -0.4 is 11.3 Å². The summed E-state index contributed by atoms with van der Waals surface area (Å²) >= 11 is 0. The zero-order valence-electron chi connectivity index (χ0n) is 13.1. The Morgan fingerprint density at radius 3 is 2.84 bits per heavy atom. The number of aromatic amines is 1. The molecule has 3 aromatic rings. The number of nitrogens with one attached hydrogen (secondary N) is 1. The van der Waals surface area contributed by atoms with Gasteiger partial charge in [-0.05, 0) is 35.7 Å². The predicted molar refractivity (Wildman–Crippen MR) is 89.6 cm³/mol. The molecule has 4 rings (SSSR count). The lowest BCUT2D eigenvalue weighted by atomic mass is 9.95. The van der Waals surface area contributed by atoms with E-state index in [9.17, 15) is 14.0 Å². The van der Waals surface area contributed by atoms with E-state index in [4.69, 9.17) is 5.73 Å². The standard InChI is InChI=1S/C17H14FN5O2/c18-11-2-1-9-5-12(15(24)21-14(9)6-11)16(25)23-7-10(8-23)13-3-4-20-17(19)22-13/h1-6,10H,7-8H2,(H,21,24)(H2,19,20,22). The summed E-state index contributed by atoms with van der Waals surface area (Å²) < 4.78 is 13.2. The van der Waals surface area contributed by atoms with Crippen LogP contribution in [0.1, 0.15) is 22.0 Å². The first-order chi connectivity index (χ1) is 12.0. The topological polar surface area (TPSA) is 105 Å². The van der Waals surface area contributed by atoms with E-state index in [0.717, 1.165) is 5.69 Å². The molecule has 3 N–H and O–H groups in total. The summed E-state index contributed by atoms with van der Waals surface area (Å²) in [6.45, 7) is 0.909. The molecular formula is C17H14FN5O2. The van der Waals surface area contributed by atoms with Gasteiger partial charge >= 0.3 is 0 Å². The molecule has 2 aromatic heterocycles. The van der Waals surface area contributed by atoms with Crippen LogP contribution in [0.2, 0.25) is 0 Å². The van der Waals surface area contributed by atoms with Crippen molar-refractivity contribution >= 4 is 22.8 Å². The molecule has 7 nitrogen and oxygen atoms in total. The number of aromatic nitrogens is 3. The summed E-state index contributed by atoms with van der Waals surface area (Å²) in [5, 5.41) is 0.602. The Morgan fingerprint density at radius 2 is 2.08 bits per heavy atom. The first-order valence-electron chi connectivity index (χ1n) is 7.71. The van der Waals surface area contributed by atoms with Crippen molar-refractivity contribution in [1.82, 2.24) is 19.9 Å². The van der Waals surface area contributed by atoms with Gasteiger partial charge in [0.05, 0.1) is 11.2 Å². The molecule has 0 bridgehead atoms. The van der Waals surface area contributed by atoms with Crippen molar-refractivity contribution in [2.24, 2.45) is 0 Å². The van der Waals surface area contributed by atoms with E-state index in [1.807, 2.05) is 0 Å². The van der Waals surface area contributed by atoms with Crippen molar-refractivity contribution in [1.29, 1.82) is 0 Å². The van der Waals surface area contributed by atoms with Crippen molar-refractivity contribution in [2.75, 3.05) is 18.8 Å². The Morgan fingerprint density at radius 1 is 1.28 bits per heavy atom. The molecule has 0 unspecified atom stereocenters. The SMILES string of the molecule is Nc1nccc(C2CN(C(=O)c3cc4ccc(F)cc4[nH]c3=O)C2)n1. The number of fused-ring (bicyclic) bond motifs is 1. The van der Waals surface area contributed by atoms with Gasteiger partial charge in [-0.2, -0.15) is 0 Å². The molecule has 8 heteroatoms. The van der Waals surface area contributed by atoms with E-state index in [1.165, 1.54) is 24.3 Å². The van der Waals surface area contributed by atoms with Crippen LogP contribution in [0.5, 0.6) is 0 Å². The van der Waals surface area contributed by atoms with Crippen molar-refractivity contribution in [3.63, 3.8) is 0 Å². The molecule has 0 spiro atoms. The summed E-state index contributed by atoms with van der Waals surface area (Å²) in [5.41, 5.74) is 6.22. The van der Waals surface area contributed by atoms with Gasteiger partial charge in [-0.1, -0.05) is 0 Å². The number of benzene rings is 1. The molecule has 0 radical (unpaired) electrons. The molecule has 1 aliphatic rings. The normalized spacial score (nSPS) is 14.5. The number of halogens is 1. The molecule has 126 valence electrons. The second-order valence-corrected chi connectivity index (χ2v) is 5.99. The molecule has 1 amide bonds. The largest absolute Gasteiger partial charge is 0.368 e. The maximum absolute atomic E-state index is 13.2. The average molecular weight is 339 g/mol. The highest BCUT2D eigenvalue weighted by Crippen LogP contribution is 2.27. The fraction of sp³-hybridized carbons (Fsp3) is 0.176. The maximum atomic E-state index is 13.2. The number of hydrogen-bond donors (Lipinski definition) is 2. The lowest BCUT2D eigenvalue weighted by molar-refractivity contribution is 0.0597. The summed E-state index contributed by atoms with van der Waals surface area (Å²) in [7, 11) is 0. The van der Waals surface area contributed by atoms with E-state index in [1.54, 1.807) is 17.2 Å². The number of carbonyl (C=O) groups is 1. The van der Waals surface area contributed by atoms with Crippen LogP contribution in [0.25, 0.3) is 10.9 Å². The Kier molecular flexibility index (Phi) is 3.45. The lowest BCUT2D eigenvalue weighted by Crippen LogP contribution is -2.49. The number of amides is 1. The van der Waals surface area contributed by atoms with Gasteiger partial charge in [0.2, 0.25) is 5.95 Å². The third kappa shape index (κ3) is 2.71. The van der Waals surface area contributed by atoms with Gasteiger partial charge in [0, 0.05) is 25.2 Å². The zero-order valence-corrected chi connectivity index (χ0v) is 13.1. The zero-order chi connectivity index (χ0) is 17.6. The van der Waals surface area contributed by atoms with Gasteiger partial charge < -0.3 is 15.6 Å². The molecule has 0 aliphatic carbocycles. The summed E-state index contributed by atoms with van der Waals surface area (Å²) in [6.07, 6.45) is 1.58. The summed E-state index contributed by atoms with van der Waals surface area (Å²) in [5.74, 6) is -0.536. The fourth-order valence-corrected chi connectivity index (χ4v) is 2.95. The van der Waals surface area contributed by atoms with Gasteiger partial charge in [-0.25, -0.2) is 14.4 Å². The average Bonchev–Trinajstić information content (AvgIpc) is 2.52. The van der Waals surface area contributed by atoms with Crippen LogP contribution in [0, 0.1) is 5.82 Å². The number of likely N-dealkylation sites (tertiary alicyclic amines) is 1. The third-order valence-corrected chi connectivity index (χ3v) is 4.32. The number of carbonyl (C=O) groups excluding carboxylic acids is 1. The van der Waals surface area contributed by atoms with E-state index in [2.05, 4.69) is 15.0 Å². The number of nitrogen functional groups attached to an aromatic ring is 1. The number of rotatable bonds is 2. The van der Waals surface area contributed by atoms with Crippen LogP contribution in [-0.2, 0) is 0 Å². The number of nitrogens with zero attached hydrogens (tertiary/aromatic N) is 3. The van der Waals surface area contributed by atoms with Crippen molar-refractivity contribution in [2.45, 2.75) is 5.92 Å². The number of H-pyrrole nitrogens is 1. The quantitative estimate of drug-likeness (QED) is 0.732. The van der Waals surface area contributed by atoms with Gasteiger partial charge in [0.25, 0.3) is 11.5 Å². The third-order valence-electron chi connectivity index (χ3n) is 4.32. The van der Waals surface area contributed by atoms with E-state index in [-0.39, 0.29) is 23.3 Å². The molecule has 25 heavy (non-hydrogen) atoms. The van der Waals surface area contributed by atoms with Crippen LogP contribution in [0.4, 0.5) is 10.3 Å². The predicted octanol–water partition coefficient (Wildman–Crippen LogP) is 1.28. The van der Waals surface area contributed by atoms with E-state index < -0.39 is 11.4 Å². The van der Waals surface area contributed by atoms with Crippen LogP contribution in [0.3, 0.4) is 0 Å². The highest BCUT2D eigenvalue weighted by Gasteiger charge is 2.34. The van der Waals surface area contributed by atoms with Gasteiger partial charge in [-0.15, -0.1) is 0 Å². The van der Waals surface area contributed by atoms with E-state index in [0.29, 0.717) is 24.0 Å². The molecule has 1 fully saturated rings. The Hall–Kier alpha value is -3.29. The van der Waals surface area contributed by atoms with Crippen molar-refractivity contribution < 1.29 is 9.18 Å². The van der Waals surface area contributed by atoms with Crippen LogP contribution in [-0.4, -0.2) is 38.8 Å². The minimum atomic E-state index is -0.530. The highest BCUT2D eigenvalue weighted by molar-refractivity contribution is 5.97. The Balaban J connectivity index is 1.56. The van der Waals surface area contributed by atoms with Gasteiger partial charge in [-0.3, -0.25) is 9.59 Å². The van der Waals surface area contributed by atoms with Gasteiger partial charge in [0.1, 0.15) is 11.4 Å². The van der Waals surface area contributed by atoms with Gasteiger partial charge in [0.15, 0.2) is 0 Å². The smallest absolute Gasteiger partial charge is 0.261 e. The molecule has 0 atom stereocenters.